The van der Waals surface area contributed by atoms with Gasteiger partial charge in [0, 0.05) is 11.6 Å². The summed E-state index contributed by atoms with van der Waals surface area (Å²) in [5.74, 6) is -0.839. The van der Waals surface area contributed by atoms with Crippen molar-refractivity contribution in [2.75, 3.05) is 7.11 Å². The zero-order chi connectivity index (χ0) is 13.8. The molecule has 0 atom stereocenters. The van der Waals surface area contributed by atoms with Crippen LogP contribution in [0.3, 0.4) is 0 Å². The van der Waals surface area contributed by atoms with Gasteiger partial charge in [-0.05, 0) is 24.3 Å². The molecule has 18 heavy (non-hydrogen) atoms. The van der Waals surface area contributed by atoms with E-state index in [1.165, 1.54) is 19.3 Å². The summed E-state index contributed by atoms with van der Waals surface area (Å²) in [5, 5.41) is 0. The maximum absolute atomic E-state index is 12.0. The Hall–Kier alpha value is -2.18. The number of ether oxygens (including phenoxy) is 2. The molecule has 2 N–H and O–H groups in total. The molecular formula is C11H10F3NO3. The van der Waals surface area contributed by atoms with Gasteiger partial charge in [-0.1, -0.05) is 0 Å². The van der Waals surface area contributed by atoms with Gasteiger partial charge in [0.05, 0.1) is 7.11 Å². The van der Waals surface area contributed by atoms with Crippen LogP contribution < -0.4 is 15.2 Å². The minimum Gasteiger partial charge on any atom is -0.496 e. The van der Waals surface area contributed by atoms with Gasteiger partial charge < -0.3 is 15.2 Å². The fraction of sp³-hybridized carbons (Fsp3) is 0.182. The minimum absolute atomic E-state index is 0.248. The van der Waals surface area contributed by atoms with Gasteiger partial charge in [-0.2, -0.15) is 0 Å². The number of hydrogen-bond donors (Lipinski definition) is 1. The van der Waals surface area contributed by atoms with Crippen LogP contribution in [0.1, 0.15) is 5.56 Å². The van der Waals surface area contributed by atoms with E-state index in [9.17, 15) is 18.0 Å². The molecule has 0 aromatic heterocycles. The van der Waals surface area contributed by atoms with E-state index in [-0.39, 0.29) is 5.56 Å². The molecule has 1 aromatic carbocycles. The smallest absolute Gasteiger partial charge is 0.496 e. The Morgan fingerprint density at radius 3 is 2.56 bits per heavy atom. The van der Waals surface area contributed by atoms with Gasteiger partial charge in [-0.25, -0.2) is 0 Å². The first-order valence-electron chi connectivity index (χ1n) is 4.73. The molecule has 0 aliphatic heterocycles. The molecule has 0 fully saturated rings. The summed E-state index contributed by atoms with van der Waals surface area (Å²) in [4.78, 5) is 10.6. The van der Waals surface area contributed by atoms with Crippen LogP contribution >= 0.6 is 0 Å². The van der Waals surface area contributed by atoms with E-state index in [2.05, 4.69) is 4.74 Å². The molecule has 1 amide bonds. The molecule has 4 nitrogen and oxygen atoms in total. The van der Waals surface area contributed by atoms with Crippen LogP contribution in [0.5, 0.6) is 11.5 Å². The van der Waals surface area contributed by atoms with E-state index in [4.69, 9.17) is 10.5 Å². The van der Waals surface area contributed by atoms with Crippen LogP contribution in [-0.4, -0.2) is 19.4 Å². The number of amides is 1. The maximum atomic E-state index is 12.0. The second-order valence-electron chi connectivity index (χ2n) is 3.19. The van der Waals surface area contributed by atoms with Gasteiger partial charge in [0.1, 0.15) is 11.5 Å². The van der Waals surface area contributed by atoms with Crippen molar-refractivity contribution in [2.45, 2.75) is 6.36 Å². The number of carbonyl (C=O) groups excluding carboxylic acids is 1. The summed E-state index contributed by atoms with van der Waals surface area (Å²) >= 11 is 0. The van der Waals surface area contributed by atoms with Crippen molar-refractivity contribution in [3.8, 4) is 11.5 Å². The Morgan fingerprint density at radius 1 is 1.39 bits per heavy atom. The van der Waals surface area contributed by atoms with E-state index in [1.807, 2.05) is 0 Å². The average Bonchev–Trinajstić information content (AvgIpc) is 2.24. The summed E-state index contributed by atoms with van der Waals surface area (Å²) in [6.07, 6.45) is -2.53. The van der Waals surface area contributed by atoms with Crippen LogP contribution in [0.4, 0.5) is 13.2 Å². The summed E-state index contributed by atoms with van der Waals surface area (Å²) in [7, 11) is 1.35. The highest BCUT2D eigenvalue weighted by Gasteiger charge is 2.31. The van der Waals surface area contributed by atoms with Crippen LogP contribution in [-0.2, 0) is 4.79 Å². The molecular weight excluding hydrogens is 251 g/mol. The number of hydrogen-bond acceptors (Lipinski definition) is 3. The largest absolute Gasteiger partial charge is 0.573 e. The summed E-state index contributed by atoms with van der Waals surface area (Å²) in [6, 6.07) is 3.49. The molecule has 1 rings (SSSR count). The number of rotatable bonds is 4. The number of methoxy groups -OCH3 is 1. The SMILES string of the molecule is COc1ccc(OC(F)(F)F)cc1/C=C/C(N)=O. The van der Waals surface area contributed by atoms with Gasteiger partial charge in [-0.15, -0.1) is 13.2 Å². The summed E-state index contributed by atoms with van der Waals surface area (Å²) < 4.78 is 44.7. The van der Waals surface area contributed by atoms with E-state index in [0.29, 0.717) is 5.75 Å². The van der Waals surface area contributed by atoms with Crippen LogP contribution in [0.25, 0.3) is 6.08 Å². The molecule has 0 radical (unpaired) electrons. The molecule has 7 heteroatoms. The van der Waals surface area contributed by atoms with E-state index >= 15 is 0 Å². The molecule has 0 saturated carbocycles. The van der Waals surface area contributed by atoms with Crippen molar-refractivity contribution in [3.05, 3.63) is 29.8 Å². The first-order chi connectivity index (χ1) is 8.31. The Bertz CT molecular complexity index is 469. The highest BCUT2D eigenvalue weighted by Crippen LogP contribution is 2.29. The Labute approximate surface area is 101 Å². The summed E-state index contributed by atoms with van der Waals surface area (Å²) in [6.45, 7) is 0. The molecule has 1 aromatic rings. The first-order valence-corrected chi connectivity index (χ1v) is 4.73. The van der Waals surface area contributed by atoms with Crippen molar-refractivity contribution in [2.24, 2.45) is 5.73 Å². The number of nitrogens with two attached hydrogens (primary N) is 1. The Balaban J connectivity index is 3.05. The Kier molecular flexibility index (Phi) is 4.19. The highest BCUT2D eigenvalue weighted by atomic mass is 19.4. The number of alkyl halides is 3. The minimum atomic E-state index is -4.78. The van der Waals surface area contributed by atoms with Gasteiger partial charge >= 0.3 is 6.36 Å². The van der Waals surface area contributed by atoms with Crippen molar-refractivity contribution < 1.29 is 27.4 Å². The Morgan fingerprint density at radius 2 is 2.06 bits per heavy atom. The third kappa shape index (κ3) is 4.36. The van der Waals surface area contributed by atoms with Gasteiger partial charge in [0.15, 0.2) is 0 Å². The lowest BCUT2D eigenvalue weighted by molar-refractivity contribution is -0.274. The van der Waals surface area contributed by atoms with E-state index in [0.717, 1.165) is 18.2 Å². The number of carbonyl (C=O) groups is 1. The molecule has 0 aliphatic carbocycles. The highest BCUT2D eigenvalue weighted by molar-refractivity contribution is 5.90. The zero-order valence-electron chi connectivity index (χ0n) is 9.32. The predicted molar refractivity (Wildman–Crippen MR) is 57.9 cm³/mol. The van der Waals surface area contributed by atoms with Crippen LogP contribution in [0.15, 0.2) is 24.3 Å². The van der Waals surface area contributed by atoms with Crippen molar-refractivity contribution in [3.63, 3.8) is 0 Å². The lowest BCUT2D eigenvalue weighted by atomic mass is 10.1. The number of benzene rings is 1. The zero-order valence-corrected chi connectivity index (χ0v) is 9.32. The molecule has 0 saturated heterocycles. The third-order valence-corrected chi connectivity index (χ3v) is 1.86. The lowest BCUT2D eigenvalue weighted by Crippen LogP contribution is -2.17. The molecule has 0 heterocycles. The molecule has 98 valence electrons. The number of primary amides is 1. The quantitative estimate of drug-likeness (QED) is 0.844. The van der Waals surface area contributed by atoms with Gasteiger partial charge in [0.25, 0.3) is 0 Å². The normalized spacial score (nSPS) is 11.6. The summed E-state index contributed by atoms with van der Waals surface area (Å²) in [5.41, 5.74) is 5.14. The van der Waals surface area contributed by atoms with Gasteiger partial charge in [-0.3, -0.25) is 4.79 Å². The third-order valence-electron chi connectivity index (χ3n) is 1.86. The van der Waals surface area contributed by atoms with Crippen molar-refractivity contribution in [1.82, 2.24) is 0 Å². The average molecular weight is 261 g/mol. The van der Waals surface area contributed by atoms with E-state index < -0.39 is 18.0 Å². The van der Waals surface area contributed by atoms with Gasteiger partial charge in [0.2, 0.25) is 5.91 Å². The topological polar surface area (TPSA) is 61.6 Å². The van der Waals surface area contributed by atoms with Crippen molar-refractivity contribution in [1.29, 1.82) is 0 Å². The second-order valence-corrected chi connectivity index (χ2v) is 3.19. The van der Waals surface area contributed by atoms with Crippen molar-refractivity contribution >= 4 is 12.0 Å². The first kappa shape index (κ1) is 13.9. The fourth-order valence-electron chi connectivity index (χ4n) is 1.21. The molecule has 0 unspecified atom stereocenters. The van der Waals surface area contributed by atoms with Crippen LogP contribution in [0, 0.1) is 0 Å². The molecule has 0 bridgehead atoms. The molecule has 0 aliphatic rings. The molecule has 0 spiro atoms. The fourth-order valence-corrected chi connectivity index (χ4v) is 1.21. The van der Waals surface area contributed by atoms with E-state index in [1.54, 1.807) is 0 Å². The monoisotopic (exact) mass is 261 g/mol. The standard InChI is InChI=1S/C11H10F3NO3/c1-17-9-4-3-8(18-11(12,13)14)6-7(9)2-5-10(15)16/h2-6H,1H3,(H2,15,16)/b5-2+. The predicted octanol–water partition coefficient (Wildman–Crippen LogP) is 2.09. The maximum Gasteiger partial charge on any atom is 0.573 e. The lowest BCUT2D eigenvalue weighted by Gasteiger charge is -2.11. The van der Waals surface area contributed by atoms with Crippen LogP contribution in [0.2, 0.25) is 0 Å². The second kappa shape index (κ2) is 5.44. The number of halogens is 3.